The Bertz CT molecular complexity index is 684. The highest BCUT2D eigenvalue weighted by atomic mass is 16.4. The summed E-state index contributed by atoms with van der Waals surface area (Å²) in [5.74, 6) is 0.236. The molecule has 1 unspecified atom stereocenters. The van der Waals surface area contributed by atoms with Gasteiger partial charge in [0, 0.05) is 37.8 Å². The monoisotopic (exact) mass is 401 g/mol. The molecule has 1 saturated carbocycles. The van der Waals surface area contributed by atoms with Crippen LogP contribution in [0.1, 0.15) is 81.1 Å². The molecule has 1 atom stereocenters. The molecule has 2 aliphatic heterocycles. The van der Waals surface area contributed by atoms with Gasteiger partial charge in [-0.05, 0) is 45.1 Å². The second kappa shape index (κ2) is 9.74. The summed E-state index contributed by atoms with van der Waals surface area (Å²) in [6, 6.07) is 2.63. The molecule has 29 heavy (non-hydrogen) atoms. The Hall–Kier alpha value is -1.89. The predicted molar refractivity (Wildman–Crippen MR) is 115 cm³/mol. The number of carbonyl (C=O) groups is 1. The molecule has 0 aromatic carbocycles. The fourth-order valence-electron chi connectivity index (χ4n) is 5.15. The molecule has 7 heteroatoms. The van der Waals surface area contributed by atoms with Gasteiger partial charge in [-0.1, -0.05) is 32.1 Å². The van der Waals surface area contributed by atoms with Crippen molar-refractivity contribution in [2.75, 3.05) is 36.4 Å². The first-order chi connectivity index (χ1) is 14.2. The minimum atomic E-state index is -0.987. The van der Waals surface area contributed by atoms with E-state index in [0.717, 1.165) is 44.7 Å². The highest BCUT2D eigenvalue weighted by Crippen LogP contribution is 2.26. The van der Waals surface area contributed by atoms with Gasteiger partial charge in [0.2, 0.25) is 5.95 Å². The number of anilines is 2. The van der Waals surface area contributed by atoms with Crippen molar-refractivity contribution in [2.45, 2.75) is 82.7 Å². The molecule has 1 aromatic heterocycles. The maximum Gasteiger partial charge on any atom is 0.354 e. The molecule has 0 spiro atoms. The number of hydrogen-bond donors (Lipinski definition) is 2. The van der Waals surface area contributed by atoms with Crippen LogP contribution in [-0.2, 0) is 0 Å². The second-order valence-electron chi connectivity index (χ2n) is 8.91. The van der Waals surface area contributed by atoms with Crippen molar-refractivity contribution in [3.05, 3.63) is 11.8 Å². The van der Waals surface area contributed by atoms with Crippen LogP contribution in [0.4, 0.5) is 11.8 Å². The number of rotatable bonds is 5. The van der Waals surface area contributed by atoms with E-state index in [1.165, 1.54) is 57.9 Å². The highest BCUT2D eigenvalue weighted by molar-refractivity contribution is 5.86. The van der Waals surface area contributed by atoms with E-state index < -0.39 is 5.97 Å². The lowest BCUT2D eigenvalue weighted by Gasteiger charge is -2.40. The van der Waals surface area contributed by atoms with Crippen molar-refractivity contribution in [3.63, 3.8) is 0 Å². The normalized spacial score (nSPS) is 24.8. The number of aromatic carboxylic acids is 1. The number of hydrogen-bond acceptors (Lipinski definition) is 6. The van der Waals surface area contributed by atoms with Crippen molar-refractivity contribution < 1.29 is 9.90 Å². The van der Waals surface area contributed by atoms with Crippen LogP contribution in [0.2, 0.25) is 0 Å². The average molecular weight is 402 g/mol. The third kappa shape index (κ3) is 5.38. The Labute approximate surface area is 173 Å². The Morgan fingerprint density at radius 2 is 1.66 bits per heavy atom. The zero-order valence-corrected chi connectivity index (χ0v) is 17.5. The number of carboxylic acids is 1. The lowest BCUT2D eigenvalue weighted by Crippen LogP contribution is -2.48. The van der Waals surface area contributed by atoms with Gasteiger partial charge < -0.3 is 15.3 Å². The van der Waals surface area contributed by atoms with Crippen molar-refractivity contribution in [2.24, 2.45) is 0 Å². The Balaban J connectivity index is 1.47. The van der Waals surface area contributed by atoms with Gasteiger partial charge in [-0.25, -0.2) is 9.78 Å². The molecule has 0 bridgehead atoms. The maximum atomic E-state index is 11.7. The molecule has 7 nitrogen and oxygen atoms in total. The SMILES string of the molecule is O=C(O)c1cc(N2CCCCCC2)nc(NC2CCCN(C3CCCCC3)C2)n1. The van der Waals surface area contributed by atoms with Crippen LogP contribution in [0.25, 0.3) is 0 Å². The van der Waals surface area contributed by atoms with Crippen LogP contribution in [0.5, 0.6) is 0 Å². The molecular formula is C22H35N5O2. The molecule has 3 heterocycles. The fraction of sp³-hybridized carbons (Fsp3) is 0.773. The molecule has 4 rings (SSSR count). The molecule has 2 saturated heterocycles. The summed E-state index contributed by atoms with van der Waals surface area (Å²) in [4.78, 5) is 25.6. The zero-order valence-electron chi connectivity index (χ0n) is 17.5. The molecule has 3 aliphatic rings. The first-order valence-corrected chi connectivity index (χ1v) is 11.6. The number of carboxylic acid groups (broad SMARTS) is 1. The Kier molecular flexibility index (Phi) is 6.85. The van der Waals surface area contributed by atoms with Gasteiger partial charge >= 0.3 is 5.97 Å². The van der Waals surface area contributed by atoms with Crippen LogP contribution in [0.3, 0.4) is 0 Å². The summed E-state index contributed by atoms with van der Waals surface area (Å²) in [6.45, 7) is 4.06. The lowest BCUT2D eigenvalue weighted by molar-refractivity contribution is 0.0690. The molecule has 1 aliphatic carbocycles. The van der Waals surface area contributed by atoms with E-state index in [0.29, 0.717) is 12.0 Å². The molecule has 3 fully saturated rings. The quantitative estimate of drug-likeness (QED) is 0.777. The van der Waals surface area contributed by atoms with Gasteiger partial charge in [-0.15, -0.1) is 0 Å². The number of aromatic nitrogens is 2. The zero-order chi connectivity index (χ0) is 20.1. The minimum Gasteiger partial charge on any atom is -0.477 e. The van der Waals surface area contributed by atoms with E-state index in [-0.39, 0.29) is 11.7 Å². The molecule has 160 valence electrons. The summed E-state index contributed by atoms with van der Waals surface area (Å²) in [6.07, 6.45) is 13.7. The topological polar surface area (TPSA) is 81.6 Å². The van der Waals surface area contributed by atoms with Crippen molar-refractivity contribution in [1.29, 1.82) is 0 Å². The van der Waals surface area contributed by atoms with Crippen molar-refractivity contribution in [1.82, 2.24) is 14.9 Å². The van der Waals surface area contributed by atoms with E-state index in [4.69, 9.17) is 4.98 Å². The largest absolute Gasteiger partial charge is 0.477 e. The smallest absolute Gasteiger partial charge is 0.354 e. The minimum absolute atomic E-state index is 0.0849. The van der Waals surface area contributed by atoms with Crippen LogP contribution in [0, 0.1) is 0 Å². The Morgan fingerprint density at radius 3 is 2.38 bits per heavy atom. The van der Waals surface area contributed by atoms with Crippen LogP contribution in [-0.4, -0.2) is 64.2 Å². The van der Waals surface area contributed by atoms with Crippen molar-refractivity contribution in [3.8, 4) is 0 Å². The standard InChI is InChI=1S/C22H35N5O2/c28-21(29)19-15-20(26-12-6-1-2-7-13-26)25-22(24-19)23-17-9-8-14-27(16-17)18-10-4-3-5-11-18/h15,17-18H,1-14,16H2,(H,28,29)(H,23,24,25). The summed E-state index contributed by atoms with van der Waals surface area (Å²) >= 11 is 0. The first kappa shape index (κ1) is 20.4. The lowest BCUT2D eigenvalue weighted by atomic mass is 9.92. The second-order valence-corrected chi connectivity index (χ2v) is 8.91. The maximum absolute atomic E-state index is 11.7. The van der Waals surface area contributed by atoms with Gasteiger partial charge in [0.25, 0.3) is 0 Å². The van der Waals surface area contributed by atoms with Gasteiger partial charge in [0.05, 0.1) is 0 Å². The van der Waals surface area contributed by atoms with E-state index in [9.17, 15) is 9.90 Å². The molecule has 2 N–H and O–H groups in total. The predicted octanol–water partition coefficient (Wildman–Crippen LogP) is 3.76. The molecular weight excluding hydrogens is 366 g/mol. The number of likely N-dealkylation sites (tertiary alicyclic amines) is 1. The van der Waals surface area contributed by atoms with E-state index >= 15 is 0 Å². The van der Waals surface area contributed by atoms with E-state index in [1.807, 2.05) is 0 Å². The average Bonchev–Trinajstić information content (AvgIpc) is 3.04. The van der Waals surface area contributed by atoms with Crippen molar-refractivity contribution >= 4 is 17.7 Å². The van der Waals surface area contributed by atoms with E-state index in [1.54, 1.807) is 6.07 Å². The summed E-state index contributed by atoms with van der Waals surface area (Å²) in [7, 11) is 0. The van der Waals surface area contributed by atoms with Crippen LogP contribution in [0.15, 0.2) is 6.07 Å². The molecule has 1 aromatic rings. The van der Waals surface area contributed by atoms with Crippen LogP contribution >= 0.6 is 0 Å². The Morgan fingerprint density at radius 1 is 0.931 bits per heavy atom. The highest BCUT2D eigenvalue weighted by Gasteiger charge is 2.27. The third-order valence-electron chi connectivity index (χ3n) is 6.74. The van der Waals surface area contributed by atoms with Crippen LogP contribution < -0.4 is 10.2 Å². The van der Waals surface area contributed by atoms with Gasteiger partial charge in [-0.2, -0.15) is 4.98 Å². The summed E-state index contributed by atoms with van der Waals surface area (Å²) in [5.41, 5.74) is 0.0849. The number of nitrogens with one attached hydrogen (secondary N) is 1. The van der Waals surface area contributed by atoms with Gasteiger partial charge in [0.1, 0.15) is 5.82 Å². The first-order valence-electron chi connectivity index (χ1n) is 11.6. The van der Waals surface area contributed by atoms with E-state index in [2.05, 4.69) is 20.1 Å². The summed E-state index contributed by atoms with van der Waals surface area (Å²) in [5, 5.41) is 13.0. The number of nitrogens with zero attached hydrogens (tertiary/aromatic N) is 4. The summed E-state index contributed by atoms with van der Waals surface area (Å²) < 4.78 is 0. The van der Waals surface area contributed by atoms with Gasteiger partial charge in [-0.3, -0.25) is 4.90 Å². The third-order valence-corrected chi connectivity index (χ3v) is 6.74. The molecule has 0 radical (unpaired) electrons. The molecule has 0 amide bonds. The fourth-order valence-corrected chi connectivity index (χ4v) is 5.15. The van der Waals surface area contributed by atoms with Gasteiger partial charge in [0.15, 0.2) is 5.69 Å². The number of piperidine rings is 1.